The van der Waals surface area contributed by atoms with E-state index in [1.165, 1.54) is 12.3 Å². The van der Waals surface area contributed by atoms with E-state index < -0.39 is 10.0 Å². The lowest BCUT2D eigenvalue weighted by atomic mass is 10.5. The summed E-state index contributed by atoms with van der Waals surface area (Å²) in [5.74, 6) is 0.883. The molecular formula is C10H11N3O4S. The van der Waals surface area contributed by atoms with Gasteiger partial charge in [-0.05, 0) is 13.0 Å². The van der Waals surface area contributed by atoms with Crippen molar-refractivity contribution in [3.05, 3.63) is 46.5 Å². The van der Waals surface area contributed by atoms with Gasteiger partial charge in [0.05, 0.1) is 17.6 Å². The van der Waals surface area contributed by atoms with Crippen LogP contribution < -0.4 is 10.3 Å². The summed E-state index contributed by atoms with van der Waals surface area (Å²) in [5, 5.41) is 0. The monoisotopic (exact) mass is 269 g/mol. The topological polar surface area (TPSA) is 105 Å². The van der Waals surface area contributed by atoms with Crippen LogP contribution in [0.4, 0.5) is 0 Å². The van der Waals surface area contributed by atoms with Gasteiger partial charge in [-0.2, -0.15) is 0 Å². The molecule has 8 heteroatoms. The van der Waals surface area contributed by atoms with Gasteiger partial charge < -0.3 is 9.40 Å². The number of oxazole rings is 1. The number of hydrogen-bond donors (Lipinski definition) is 2. The Hall–Kier alpha value is -1.93. The molecule has 0 radical (unpaired) electrons. The minimum atomic E-state index is -3.69. The molecule has 0 saturated carbocycles. The number of pyridine rings is 1. The van der Waals surface area contributed by atoms with Crippen LogP contribution >= 0.6 is 0 Å². The van der Waals surface area contributed by atoms with Crippen LogP contribution in [-0.4, -0.2) is 18.4 Å². The Kier molecular flexibility index (Phi) is 3.30. The summed E-state index contributed by atoms with van der Waals surface area (Å²) in [6, 6.07) is 2.37. The van der Waals surface area contributed by atoms with Gasteiger partial charge >= 0.3 is 0 Å². The summed E-state index contributed by atoms with van der Waals surface area (Å²) in [5.41, 5.74) is -0.364. The van der Waals surface area contributed by atoms with E-state index in [1.807, 2.05) is 0 Å². The first-order chi connectivity index (χ1) is 8.47. The Morgan fingerprint density at radius 1 is 1.44 bits per heavy atom. The van der Waals surface area contributed by atoms with Crippen LogP contribution in [0.15, 0.2) is 38.6 Å². The molecule has 0 aliphatic rings. The van der Waals surface area contributed by atoms with Gasteiger partial charge in [0, 0.05) is 12.3 Å². The second-order valence-electron chi connectivity index (χ2n) is 3.58. The first-order valence-electron chi connectivity index (χ1n) is 5.07. The lowest BCUT2D eigenvalue weighted by Gasteiger charge is -2.03. The average molecular weight is 269 g/mol. The van der Waals surface area contributed by atoms with E-state index >= 15 is 0 Å². The van der Waals surface area contributed by atoms with Crippen molar-refractivity contribution >= 4 is 10.0 Å². The van der Waals surface area contributed by atoms with E-state index in [9.17, 15) is 13.2 Å². The number of rotatable bonds is 4. The Balaban J connectivity index is 2.12. The molecule has 0 atom stereocenters. The number of aryl methyl sites for hydroxylation is 1. The van der Waals surface area contributed by atoms with E-state index in [-0.39, 0.29) is 22.9 Å². The number of H-pyrrole nitrogens is 1. The second kappa shape index (κ2) is 4.75. The summed E-state index contributed by atoms with van der Waals surface area (Å²) in [4.78, 5) is 17.0. The largest absolute Gasteiger partial charge is 0.445 e. The molecule has 0 spiro atoms. The smallest absolute Gasteiger partial charge is 0.247 e. The maximum absolute atomic E-state index is 11.8. The lowest BCUT2D eigenvalue weighted by molar-refractivity contribution is 0.463. The van der Waals surface area contributed by atoms with Crippen LogP contribution in [0, 0.1) is 6.92 Å². The molecule has 2 aromatic rings. The number of sulfonamides is 1. The molecule has 2 rings (SSSR count). The molecule has 0 unspecified atom stereocenters. The van der Waals surface area contributed by atoms with Crippen LogP contribution in [0.1, 0.15) is 11.7 Å². The van der Waals surface area contributed by atoms with Gasteiger partial charge in [0.15, 0.2) is 0 Å². The number of hydrogen-bond acceptors (Lipinski definition) is 5. The third-order valence-electron chi connectivity index (χ3n) is 2.15. The summed E-state index contributed by atoms with van der Waals surface area (Å²) >= 11 is 0. The normalized spacial score (nSPS) is 11.6. The average Bonchev–Trinajstić information content (AvgIpc) is 2.73. The minimum Gasteiger partial charge on any atom is -0.445 e. The number of aromatic amines is 1. The quantitative estimate of drug-likeness (QED) is 0.822. The number of nitrogens with zero attached hydrogens (tertiary/aromatic N) is 1. The molecule has 0 bridgehead atoms. The van der Waals surface area contributed by atoms with Gasteiger partial charge in [-0.3, -0.25) is 4.79 Å². The molecule has 0 fully saturated rings. The van der Waals surface area contributed by atoms with Crippen molar-refractivity contribution in [2.75, 3.05) is 0 Å². The van der Waals surface area contributed by atoms with Crippen LogP contribution in [0.25, 0.3) is 0 Å². The molecule has 96 valence electrons. The van der Waals surface area contributed by atoms with E-state index in [2.05, 4.69) is 14.7 Å². The standard InChI is InChI=1S/C10H11N3O4S/c1-7-4-12-10(17-7)6-13-18(15,16)8-2-3-9(14)11-5-8/h2-5,13H,6H2,1H3,(H,11,14). The first kappa shape index (κ1) is 12.5. The maximum atomic E-state index is 11.8. The van der Waals surface area contributed by atoms with Crippen molar-refractivity contribution in [2.45, 2.75) is 18.4 Å². The Bertz CT molecular complexity index is 681. The Morgan fingerprint density at radius 3 is 2.78 bits per heavy atom. The van der Waals surface area contributed by atoms with Crippen LogP contribution in [0.3, 0.4) is 0 Å². The van der Waals surface area contributed by atoms with Crippen molar-refractivity contribution in [3.63, 3.8) is 0 Å². The number of nitrogens with one attached hydrogen (secondary N) is 2. The molecule has 0 aliphatic carbocycles. The predicted octanol–water partition coefficient (Wildman–Crippen LogP) is 0.150. The van der Waals surface area contributed by atoms with Gasteiger partial charge in [0.2, 0.25) is 21.5 Å². The van der Waals surface area contributed by atoms with E-state index in [0.717, 1.165) is 12.3 Å². The Labute approximate surface area is 103 Å². The van der Waals surface area contributed by atoms with E-state index in [0.29, 0.717) is 5.76 Å². The highest BCUT2D eigenvalue weighted by molar-refractivity contribution is 7.89. The zero-order valence-electron chi connectivity index (χ0n) is 9.50. The molecule has 2 N–H and O–H groups in total. The summed E-state index contributed by atoms with van der Waals surface area (Å²) < 4.78 is 31.1. The molecule has 0 aromatic carbocycles. The summed E-state index contributed by atoms with van der Waals surface area (Å²) in [6.07, 6.45) is 2.63. The van der Waals surface area contributed by atoms with Crippen molar-refractivity contribution < 1.29 is 12.8 Å². The van der Waals surface area contributed by atoms with Crippen molar-refractivity contribution in [1.29, 1.82) is 0 Å². The molecule has 18 heavy (non-hydrogen) atoms. The molecule has 2 heterocycles. The molecular weight excluding hydrogens is 258 g/mol. The maximum Gasteiger partial charge on any atom is 0.247 e. The Morgan fingerprint density at radius 2 is 2.22 bits per heavy atom. The third-order valence-corrected chi connectivity index (χ3v) is 3.55. The van der Waals surface area contributed by atoms with Crippen LogP contribution in [0.2, 0.25) is 0 Å². The third kappa shape index (κ3) is 2.84. The van der Waals surface area contributed by atoms with E-state index in [1.54, 1.807) is 6.92 Å². The SMILES string of the molecule is Cc1cnc(CNS(=O)(=O)c2ccc(=O)[nH]c2)o1. The first-order valence-corrected chi connectivity index (χ1v) is 6.55. The number of aromatic nitrogens is 2. The lowest BCUT2D eigenvalue weighted by Crippen LogP contribution is -2.24. The van der Waals surface area contributed by atoms with Crippen LogP contribution in [-0.2, 0) is 16.6 Å². The fraction of sp³-hybridized carbons (Fsp3) is 0.200. The predicted molar refractivity (Wildman–Crippen MR) is 62.3 cm³/mol. The zero-order valence-corrected chi connectivity index (χ0v) is 10.3. The van der Waals surface area contributed by atoms with Gasteiger partial charge in [-0.15, -0.1) is 0 Å². The van der Waals surface area contributed by atoms with Gasteiger partial charge in [0.1, 0.15) is 5.76 Å². The fourth-order valence-electron chi connectivity index (χ4n) is 1.29. The molecule has 7 nitrogen and oxygen atoms in total. The molecule has 0 aliphatic heterocycles. The molecule has 2 aromatic heterocycles. The van der Waals surface area contributed by atoms with Crippen molar-refractivity contribution in [3.8, 4) is 0 Å². The highest BCUT2D eigenvalue weighted by Crippen LogP contribution is 2.06. The van der Waals surface area contributed by atoms with Crippen LogP contribution in [0.5, 0.6) is 0 Å². The van der Waals surface area contributed by atoms with Crippen molar-refractivity contribution in [2.24, 2.45) is 0 Å². The highest BCUT2D eigenvalue weighted by Gasteiger charge is 2.14. The minimum absolute atomic E-state index is 0.0228. The molecule has 0 amide bonds. The van der Waals surface area contributed by atoms with Gasteiger partial charge in [0.25, 0.3) is 0 Å². The second-order valence-corrected chi connectivity index (χ2v) is 5.34. The van der Waals surface area contributed by atoms with Gasteiger partial charge in [-0.1, -0.05) is 0 Å². The van der Waals surface area contributed by atoms with Crippen molar-refractivity contribution in [1.82, 2.24) is 14.7 Å². The summed E-state index contributed by atoms with van der Waals surface area (Å²) in [7, 11) is -3.69. The molecule has 0 saturated heterocycles. The fourth-order valence-corrected chi connectivity index (χ4v) is 2.23. The zero-order chi connectivity index (χ0) is 13.2. The van der Waals surface area contributed by atoms with E-state index in [4.69, 9.17) is 4.42 Å². The highest BCUT2D eigenvalue weighted by atomic mass is 32.2. The van der Waals surface area contributed by atoms with Gasteiger partial charge in [-0.25, -0.2) is 18.1 Å². The summed E-state index contributed by atoms with van der Waals surface area (Å²) in [6.45, 7) is 1.67.